The molecule has 172 valence electrons. The van der Waals surface area contributed by atoms with Gasteiger partial charge in [-0.2, -0.15) is 0 Å². The van der Waals surface area contributed by atoms with Gasteiger partial charge in [0, 0.05) is 16.8 Å². The van der Waals surface area contributed by atoms with E-state index in [4.69, 9.17) is 4.74 Å². The van der Waals surface area contributed by atoms with Crippen LogP contribution in [0, 0.1) is 12.7 Å². The standard InChI is InChI=1S/C26H22FN3O4/c1-17-10-12-20(13-11-17)28-24(31)15-30-25(32)22(29-26(30)33)14-18-6-3-5-9-23(18)34-16-19-7-2-4-8-21(19)27/h2-14H,15-16H2,1H3,(H,28,31)(H,29,33)/b22-14+. The third kappa shape index (κ3) is 5.29. The highest BCUT2D eigenvalue weighted by Gasteiger charge is 2.35. The van der Waals surface area contributed by atoms with Crippen molar-refractivity contribution in [2.24, 2.45) is 0 Å². The summed E-state index contributed by atoms with van der Waals surface area (Å²) < 4.78 is 19.7. The van der Waals surface area contributed by atoms with Crippen LogP contribution in [0.1, 0.15) is 16.7 Å². The summed E-state index contributed by atoms with van der Waals surface area (Å²) >= 11 is 0. The molecule has 34 heavy (non-hydrogen) atoms. The van der Waals surface area contributed by atoms with Crippen molar-refractivity contribution in [2.45, 2.75) is 13.5 Å². The van der Waals surface area contributed by atoms with Crippen LogP contribution >= 0.6 is 0 Å². The Morgan fingerprint density at radius 3 is 2.50 bits per heavy atom. The molecule has 0 unspecified atom stereocenters. The van der Waals surface area contributed by atoms with Crippen LogP contribution in [0.15, 0.2) is 78.5 Å². The molecule has 1 heterocycles. The molecule has 1 fully saturated rings. The lowest BCUT2D eigenvalue weighted by atomic mass is 10.1. The van der Waals surface area contributed by atoms with Crippen LogP contribution in [-0.4, -0.2) is 29.3 Å². The van der Waals surface area contributed by atoms with E-state index in [1.165, 1.54) is 12.1 Å². The molecule has 2 N–H and O–H groups in total. The number of anilines is 1. The zero-order valence-corrected chi connectivity index (χ0v) is 18.4. The second-order valence-electron chi connectivity index (χ2n) is 7.71. The average molecular weight is 459 g/mol. The van der Waals surface area contributed by atoms with E-state index in [9.17, 15) is 18.8 Å². The van der Waals surface area contributed by atoms with Gasteiger partial charge in [-0.1, -0.05) is 54.1 Å². The molecular formula is C26H22FN3O4. The number of urea groups is 1. The summed E-state index contributed by atoms with van der Waals surface area (Å²) in [5.41, 5.74) is 2.53. The molecule has 3 aromatic rings. The van der Waals surface area contributed by atoms with Gasteiger partial charge in [0.15, 0.2) is 0 Å². The number of carbonyl (C=O) groups is 3. The van der Waals surface area contributed by atoms with E-state index in [2.05, 4.69) is 10.6 Å². The van der Waals surface area contributed by atoms with Crippen molar-refractivity contribution in [1.82, 2.24) is 10.2 Å². The molecule has 0 atom stereocenters. The quantitative estimate of drug-likeness (QED) is 0.409. The summed E-state index contributed by atoms with van der Waals surface area (Å²) in [7, 11) is 0. The van der Waals surface area contributed by atoms with E-state index in [1.54, 1.807) is 54.6 Å². The normalized spacial score (nSPS) is 14.3. The molecule has 0 saturated carbocycles. The molecule has 4 amide bonds. The number of para-hydroxylation sites is 1. The van der Waals surface area contributed by atoms with Gasteiger partial charge in [0.1, 0.15) is 30.4 Å². The van der Waals surface area contributed by atoms with E-state index in [0.29, 0.717) is 22.6 Å². The van der Waals surface area contributed by atoms with Gasteiger partial charge in [0.25, 0.3) is 5.91 Å². The second-order valence-corrected chi connectivity index (χ2v) is 7.71. The van der Waals surface area contributed by atoms with Crippen molar-refractivity contribution < 1.29 is 23.5 Å². The van der Waals surface area contributed by atoms with E-state index < -0.39 is 24.4 Å². The van der Waals surface area contributed by atoms with Crippen molar-refractivity contribution >= 4 is 29.6 Å². The Kier molecular flexibility index (Phi) is 6.68. The van der Waals surface area contributed by atoms with Crippen LogP contribution in [0.3, 0.4) is 0 Å². The molecule has 0 aliphatic carbocycles. The van der Waals surface area contributed by atoms with Gasteiger partial charge in [-0.3, -0.25) is 9.59 Å². The number of benzene rings is 3. The highest BCUT2D eigenvalue weighted by molar-refractivity contribution is 6.16. The molecule has 1 aliphatic rings. The van der Waals surface area contributed by atoms with Crippen molar-refractivity contribution in [3.8, 4) is 5.75 Å². The minimum absolute atomic E-state index is 0.00152. The Balaban J connectivity index is 1.45. The first-order valence-electron chi connectivity index (χ1n) is 10.6. The first-order valence-corrected chi connectivity index (χ1v) is 10.6. The number of carbonyl (C=O) groups excluding carboxylic acids is 3. The molecule has 8 heteroatoms. The summed E-state index contributed by atoms with van der Waals surface area (Å²) in [5, 5.41) is 5.16. The number of rotatable bonds is 7. The molecule has 0 spiro atoms. The molecule has 1 aliphatic heterocycles. The third-order valence-corrected chi connectivity index (χ3v) is 5.16. The van der Waals surface area contributed by atoms with Crippen molar-refractivity contribution in [3.63, 3.8) is 0 Å². The van der Waals surface area contributed by atoms with Gasteiger partial charge in [0.2, 0.25) is 5.91 Å². The van der Waals surface area contributed by atoms with E-state index in [1.807, 2.05) is 19.1 Å². The minimum Gasteiger partial charge on any atom is -0.488 e. The predicted molar refractivity (Wildman–Crippen MR) is 125 cm³/mol. The number of halogens is 1. The number of aryl methyl sites for hydroxylation is 1. The molecule has 0 aromatic heterocycles. The van der Waals surface area contributed by atoms with Crippen molar-refractivity contribution in [2.75, 3.05) is 11.9 Å². The lowest BCUT2D eigenvalue weighted by Gasteiger charge is -2.12. The summed E-state index contributed by atoms with van der Waals surface area (Å²) in [4.78, 5) is 38.3. The Bertz CT molecular complexity index is 1270. The minimum atomic E-state index is -0.694. The largest absolute Gasteiger partial charge is 0.488 e. The van der Waals surface area contributed by atoms with E-state index in [0.717, 1.165) is 10.5 Å². The summed E-state index contributed by atoms with van der Waals surface area (Å²) in [5.74, 6) is -1.10. The fraction of sp³-hybridized carbons (Fsp3) is 0.115. The highest BCUT2D eigenvalue weighted by atomic mass is 19.1. The van der Waals surface area contributed by atoms with Crippen LogP contribution in [0.2, 0.25) is 0 Å². The van der Waals surface area contributed by atoms with Gasteiger partial charge in [-0.15, -0.1) is 0 Å². The molecule has 0 radical (unpaired) electrons. The monoisotopic (exact) mass is 459 g/mol. The molecule has 3 aromatic carbocycles. The van der Waals surface area contributed by atoms with Crippen LogP contribution < -0.4 is 15.4 Å². The number of nitrogens with zero attached hydrogens (tertiary/aromatic N) is 1. The Morgan fingerprint density at radius 1 is 1.03 bits per heavy atom. The zero-order valence-electron chi connectivity index (χ0n) is 18.4. The van der Waals surface area contributed by atoms with Gasteiger partial charge < -0.3 is 15.4 Å². The molecule has 0 bridgehead atoms. The molecule has 4 rings (SSSR count). The van der Waals surface area contributed by atoms with Crippen LogP contribution in [0.25, 0.3) is 6.08 Å². The first kappa shape index (κ1) is 22.7. The maximum atomic E-state index is 13.9. The maximum Gasteiger partial charge on any atom is 0.329 e. The number of amides is 4. The van der Waals surface area contributed by atoms with Crippen LogP contribution in [-0.2, 0) is 16.2 Å². The topological polar surface area (TPSA) is 87.7 Å². The van der Waals surface area contributed by atoms with Gasteiger partial charge in [0.05, 0.1) is 0 Å². The summed E-state index contributed by atoms with van der Waals surface area (Å²) in [6.45, 7) is 1.50. The summed E-state index contributed by atoms with van der Waals surface area (Å²) in [6, 6.07) is 19.6. The fourth-order valence-electron chi connectivity index (χ4n) is 3.35. The number of ether oxygens (including phenoxy) is 1. The first-order chi connectivity index (χ1) is 16.4. The lowest BCUT2D eigenvalue weighted by molar-refractivity contribution is -0.127. The SMILES string of the molecule is Cc1ccc(NC(=O)CN2C(=O)N/C(=C/c3ccccc3OCc3ccccc3F)C2=O)cc1. The third-order valence-electron chi connectivity index (χ3n) is 5.16. The Hall–Kier alpha value is -4.46. The van der Waals surface area contributed by atoms with Crippen LogP contribution in [0.4, 0.5) is 14.9 Å². The lowest BCUT2D eigenvalue weighted by Crippen LogP contribution is -2.38. The maximum absolute atomic E-state index is 13.9. The van der Waals surface area contributed by atoms with Crippen LogP contribution in [0.5, 0.6) is 5.75 Å². The number of imide groups is 1. The summed E-state index contributed by atoms with van der Waals surface area (Å²) in [6.07, 6.45) is 1.47. The second kappa shape index (κ2) is 9.99. The number of hydrogen-bond acceptors (Lipinski definition) is 4. The number of hydrogen-bond donors (Lipinski definition) is 2. The molecule has 1 saturated heterocycles. The number of nitrogens with one attached hydrogen (secondary N) is 2. The van der Waals surface area contributed by atoms with Gasteiger partial charge in [-0.25, -0.2) is 14.1 Å². The fourth-order valence-corrected chi connectivity index (χ4v) is 3.35. The van der Waals surface area contributed by atoms with Crippen molar-refractivity contribution in [3.05, 3.63) is 101 Å². The van der Waals surface area contributed by atoms with E-state index >= 15 is 0 Å². The molecular weight excluding hydrogens is 437 g/mol. The highest BCUT2D eigenvalue weighted by Crippen LogP contribution is 2.24. The zero-order chi connectivity index (χ0) is 24.1. The smallest absolute Gasteiger partial charge is 0.329 e. The molecule has 7 nitrogen and oxygen atoms in total. The van der Waals surface area contributed by atoms with E-state index in [-0.39, 0.29) is 18.1 Å². The average Bonchev–Trinajstić information content (AvgIpc) is 3.08. The predicted octanol–water partition coefficient (Wildman–Crippen LogP) is 4.24. The Morgan fingerprint density at radius 2 is 1.74 bits per heavy atom. The van der Waals surface area contributed by atoms with Gasteiger partial charge >= 0.3 is 6.03 Å². The Labute approximate surface area is 195 Å². The van der Waals surface area contributed by atoms with Gasteiger partial charge in [-0.05, 0) is 37.3 Å². The van der Waals surface area contributed by atoms with Crippen molar-refractivity contribution in [1.29, 1.82) is 0 Å².